The number of para-hydroxylation sites is 2. The van der Waals surface area contributed by atoms with Crippen molar-refractivity contribution in [2.24, 2.45) is 28.1 Å². The number of esters is 1. The van der Waals surface area contributed by atoms with Gasteiger partial charge in [-0.15, -0.1) is 0 Å². The van der Waals surface area contributed by atoms with E-state index in [1.54, 1.807) is 24.3 Å². The minimum atomic E-state index is -0.414. The van der Waals surface area contributed by atoms with Crippen molar-refractivity contribution in [3.05, 3.63) is 24.3 Å². The van der Waals surface area contributed by atoms with Crippen LogP contribution in [0.2, 0.25) is 0 Å². The minimum absolute atomic E-state index is 0.000819. The molecule has 0 heterocycles. The van der Waals surface area contributed by atoms with Gasteiger partial charge in [0.25, 0.3) is 0 Å². The Morgan fingerprint density at radius 2 is 1.87 bits per heavy atom. The lowest BCUT2D eigenvalue weighted by Gasteiger charge is -2.14. The van der Waals surface area contributed by atoms with E-state index in [2.05, 4.69) is 4.99 Å². The Bertz CT molecular complexity index is 570. The van der Waals surface area contributed by atoms with Gasteiger partial charge in [0.1, 0.15) is 0 Å². The molecule has 1 rings (SSSR count). The topological polar surface area (TPSA) is 150 Å². The van der Waals surface area contributed by atoms with E-state index in [-0.39, 0.29) is 24.1 Å². The molecule has 23 heavy (non-hydrogen) atoms. The van der Waals surface area contributed by atoms with Crippen LogP contribution >= 0.6 is 0 Å². The molecule has 8 heteroatoms. The van der Waals surface area contributed by atoms with Gasteiger partial charge in [0.2, 0.25) is 0 Å². The lowest BCUT2D eigenvalue weighted by atomic mass is 9.98. The summed E-state index contributed by atoms with van der Waals surface area (Å²) < 4.78 is 10.4. The maximum Gasteiger partial charge on any atom is 0.311 e. The average molecular weight is 321 g/mol. The van der Waals surface area contributed by atoms with Crippen molar-refractivity contribution in [1.29, 1.82) is 5.41 Å². The molecule has 0 aliphatic carbocycles. The lowest BCUT2D eigenvalue weighted by molar-refractivity contribution is -0.134. The summed E-state index contributed by atoms with van der Waals surface area (Å²) in [7, 11) is 1.50. The minimum Gasteiger partial charge on any atom is -0.493 e. The highest BCUT2D eigenvalue weighted by molar-refractivity contribution is 5.81. The quantitative estimate of drug-likeness (QED) is 0.226. The van der Waals surface area contributed by atoms with E-state index in [1.807, 2.05) is 0 Å². The predicted octanol–water partition coefficient (Wildman–Crippen LogP) is 0.596. The first-order valence-corrected chi connectivity index (χ1v) is 7.17. The Kier molecular flexibility index (Phi) is 7.38. The summed E-state index contributed by atoms with van der Waals surface area (Å²) in [6.45, 7) is 0.355. The summed E-state index contributed by atoms with van der Waals surface area (Å²) in [6, 6.07) is 6.89. The zero-order valence-electron chi connectivity index (χ0n) is 13.1. The SMILES string of the molecule is COc1ccccc1OC(=O)CCC(CCN=C(N)N)C(=N)N. The summed E-state index contributed by atoms with van der Waals surface area (Å²) >= 11 is 0. The molecular weight excluding hydrogens is 298 g/mol. The van der Waals surface area contributed by atoms with E-state index in [0.29, 0.717) is 30.9 Å². The highest BCUT2D eigenvalue weighted by atomic mass is 16.6. The van der Waals surface area contributed by atoms with Crippen molar-refractivity contribution in [3.63, 3.8) is 0 Å². The largest absolute Gasteiger partial charge is 0.493 e. The summed E-state index contributed by atoms with van der Waals surface area (Å²) in [4.78, 5) is 15.8. The smallest absolute Gasteiger partial charge is 0.311 e. The molecule has 0 bridgehead atoms. The van der Waals surface area contributed by atoms with Crippen molar-refractivity contribution in [3.8, 4) is 11.5 Å². The van der Waals surface area contributed by atoms with E-state index in [0.717, 1.165) is 0 Å². The zero-order chi connectivity index (χ0) is 17.2. The summed E-state index contributed by atoms with van der Waals surface area (Å²) in [5, 5.41) is 7.56. The third-order valence-corrected chi connectivity index (χ3v) is 3.20. The highest BCUT2D eigenvalue weighted by Crippen LogP contribution is 2.26. The fourth-order valence-electron chi connectivity index (χ4n) is 1.97. The van der Waals surface area contributed by atoms with Gasteiger partial charge in [-0.1, -0.05) is 12.1 Å². The second-order valence-electron chi connectivity index (χ2n) is 4.91. The van der Waals surface area contributed by atoms with Gasteiger partial charge in [-0.25, -0.2) is 0 Å². The Morgan fingerprint density at radius 3 is 2.43 bits per heavy atom. The predicted molar refractivity (Wildman–Crippen MR) is 88.6 cm³/mol. The monoisotopic (exact) mass is 321 g/mol. The van der Waals surface area contributed by atoms with Gasteiger partial charge in [0.05, 0.1) is 12.9 Å². The van der Waals surface area contributed by atoms with Crippen molar-refractivity contribution < 1.29 is 14.3 Å². The normalized spacial score (nSPS) is 11.3. The van der Waals surface area contributed by atoms with Gasteiger partial charge in [-0.3, -0.25) is 15.2 Å². The molecule has 8 nitrogen and oxygen atoms in total. The number of hydrogen-bond acceptors (Lipinski definition) is 5. The first-order valence-electron chi connectivity index (χ1n) is 7.17. The molecule has 0 aliphatic rings. The van der Waals surface area contributed by atoms with Crippen LogP contribution in [0.25, 0.3) is 0 Å². The molecule has 7 N–H and O–H groups in total. The Hall–Kier alpha value is -2.77. The molecule has 1 aromatic rings. The number of rotatable bonds is 9. The van der Waals surface area contributed by atoms with Crippen LogP contribution in [0.15, 0.2) is 29.3 Å². The van der Waals surface area contributed by atoms with E-state index < -0.39 is 5.97 Å². The number of ether oxygens (including phenoxy) is 2. The van der Waals surface area contributed by atoms with Crippen molar-refractivity contribution in [2.75, 3.05) is 13.7 Å². The molecule has 0 fully saturated rings. The molecule has 0 saturated heterocycles. The maximum atomic E-state index is 11.9. The molecule has 1 atom stereocenters. The van der Waals surface area contributed by atoms with Gasteiger partial charge in [0.15, 0.2) is 17.5 Å². The number of nitrogens with one attached hydrogen (secondary N) is 1. The fraction of sp³-hybridized carbons (Fsp3) is 0.400. The number of amidine groups is 1. The Balaban J connectivity index is 2.52. The maximum absolute atomic E-state index is 11.9. The first kappa shape index (κ1) is 18.3. The summed E-state index contributed by atoms with van der Waals surface area (Å²) in [5.74, 6) is 0.145. The molecule has 0 spiro atoms. The van der Waals surface area contributed by atoms with Crippen LogP contribution in [0.1, 0.15) is 19.3 Å². The standard InChI is InChI=1S/C15H23N5O3/c1-22-11-4-2-3-5-12(11)23-13(21)7-6-10(14(16)17)8-9-20-15(18)19/h2-5,10H,6-9H2,1H3,(H3,16,17)(H4,18,19,20). The van der Waals surface area contributed by atoms with E-state index in [1.165, 1.54) is 7.11 Å². The molecule has 1 aromatic carbocycles. The van der Waals surface area contributed by atoms with Gasteiger partial charge in [-0.2, -0.15) is 0 Å². The van der Waals surface area contributed by atoms with Crippen LogP contribution in [-0.4, -0.2) is 31.4 Å². The van der Waals surface area contributed by atoms with Crippen LogP contribution in [0.3, 0.4) is 0 Å². The number of hydrogen-bond donors (Lipinski definition) is 4. The van der Waals surface area contributed by atoms with Crippen LogP contribution < -0.4 is 26.7 Å². The summed E-state index contributed by atoms with van der Waals surface area (Å²) in [6.07, 6.45) is 1.02. The van der Waals surface area contributed by atoms with Gasteiger partial charge >= 0.3 is 5.97 Å². The zero-order valence-corrected chi connectivity index (χ0v) is 13.1. The van der Waals surface area contributed by atoms with Crippen molar-refractivity contribution in [2.45, 2.75) is 19.3 Å². The third kappa shape index (κ3) is 6.68. The summed E-state index contributed by atoms with van der Waals surface area (Å²) in [5.41, 5.74) is 16.0. The van der Waals surface area contributed by atoms with Gasteiger partial charge in [-0.05, 0) is 25.0 Å². The number of carbonyl (C=O) groups excluding carboxylic acids is 1. The Labute approximate surface area is 135 Å². The van der Waals surface area contributed by atoms with Crippen molar-refractivity contribution in [1.82, 2.24) is 0 Å². The van der Waals surface area contributed by atoms with Gasteiger partial charge < -0.3 is 26.7 Å². The van der Waals surface area contributed by atoms with E-state index in [9.17, 15) is 4.79 Å². The van der Waals surface area contributed by atoms with Crippen molar-refractivity contribution >= 4 is 17.8 Å². The van der Waals surface area contributed by atoms with E-state index in [4.69, 9.17) is 32.1 Å². The second kappa shape index (κ2) is 9.29. The third-order valence-electron chi connectivity index (χ3n) is 3.20. The van der Waals surface area contributed by atoms with Gasteiger partial charge in [0, 0.05) is 18.9 Å². The number of benzene rings is 1. The number of methoxy groups -OCH3 is 1. The molecule has 0 amide bonds. The van der Waals surface area contributed by atoms with E-state index >= 15 is 0 Å². The number of guanidine groups is 1. The Morgan fingerprint density at radius 1 is 1.22 bits per heavy atom. The fourth-order valence-corrected chi connectivity index (χ4v) is 1.97. The number of aliphatic imine (C=N–C) groups is 1. The molecule has 1 unspecified atom stereocenters. The van der Waals surface area contributed by atoms with Crippen LogP contribution in [0.4, 0.5) is 0 Å². The molecular formula is C15H23N5O3. The molecule has 0 saturated carbocycles. The molecule has 0 radical (unpaired) electrons. The first-order chi connectivity index (χ1) is 10.9. The number of nitrogens with zero attached hydrogens (tertiary/aromatic N) is 1. The average Bonchev–Trinajstić information content (AvgIpc) is 2.50. The van der Waals surface area contributed by atoms with Crippen LogP contribution in [-0.2, 0) is 4.79 Å². The highest BCUT2D eigenvalue weighted by Gasteiger charge is 2.16. The number of nitrogens with two attached hydrogens (primary N) is 3. The van der Waals surface area contributed by atoms with Crippen LogP contribution in [0, 0.1) is 11.3 Å². The molecule has 0 aromatic heterocycles. The number of carbonyl (C=O) groups is 1. The molecule has 126 valence electrons. The molecule has 0 aliphatic heterocycles. The lowest BCUT2D eigenvalue weighted by Crippen LogP contribution is -2.26. The second-order valence-corrected chi connectivity index (χ2v) is 4.91. The van der Waals surface area contributed by atoms with Crippen LogP contribution in [0.5, 0.6) is 11.5 Å².